The number of ether oxygens (including phenoxy) is 1. The van der Waals surface area contributed by atoms with E-state index in [9.17, 15) is 4.79 Å². The number of aryl methyl sites for hydroxylation is 1. The number of carbonyl (C=O) groups is 1. The molecule has 0 amide bonds. The third kappa shape index (κ3) is 2.97. The Bertz CT molecular complexity index is 583. The Morgan fingerprint density at radius 2 is 2.37 bits per heavy atom. The molecule has 0 aromatic carbocycles. The Hall–Kier alpha value is -2.22. The van der Waals surface area contributed by atoms with Crippen LogP contribution in [0.3, 0.4) is 0 Å². The largest absolute Gasteiger partial charge is 0.480 e. The van der Waals surface area contributed by atoms with Crippen LogP contribution in [0.5, 0.6) is 0 Å². The molecule has 102 valence electrons. The first-order valence-electron chi connectivity index (χ1n) is 5.75. The molecule has 0 radical (unpaired) electrons. The number of hydrogen-bond donors (Lipinski definition) is 1. The monoisotopic (exact) mass is 265 g/mol. The summed E-state index contributed by atoms with van der Waals surface area (Å²) in [6, 6.07) is 1.78. The minimum atomic E-state index is -0.918. The highest BCUT2D eigenvalue weighted by Gasteiger charge is 2.15. The van der Waals surface area contributed by atoms with Gasteiger partial charge in [0, 0.05) is 25.4 Å². The Labute approximate surface area is 109 Å². The average Bonchev–Trinajstić information content (AvgIpc) is 2.80. The highest BCUT2D eigenvalue weighted by molar-refractivity contribution is 5.73. The lowest BCUT2D eigenvalue weighted by atomic mass is 10.3. The molecule has 0 spiro atoms. The molecule has 0 bridgehead atoms. The van der Waals surface area contributed by atoms with E-state index in [-0.39, 0.29) is 6.54 Å². The van der Waals surface area contributed by atoms with Crippen LogP contribution in [0.25, 0.3) is 5.78 Å². The van der Waals surface area contributed by atoms with Crippen molar-refractivity contribution in [1.29, 1.82) is 0 Å². The molecule has 2 aromatic heterocycles. The van der Waals surface area contributed by atoms with Crippen molar-refractivity contribution in [1.82, 2.24) is 19.6 Å². The van der Waals surface area contributed by atoms with Crippen LogP contribution in [0.4, 0.5) is 5.82 Å². The van der Waals surface area contributed by atoms with Crippen molar-refractivity contribution in [2.24, 2.45) is 0 Å². The molecule has 2 aromatic rings. The van der Waals surface area contributed by atoms with Gasteiger partial charge in [0.15, 0.2) is 0 Å². The molecule has 0 saturated heterocycles. The Morgan fingerprint density at radius 1 is 1.58 bits per heavy atom. The molecule has 0 aliphatic carbocycles. The third-order valence-corrected chi connectivity index (χ3v) is 2.58. The maximum absolute atomic E-state index is 11.0. The van der Waals surface area contributed by atoms with E-state index in [4.69, 9.17) is 9.84 Å². The van der Waals surface area contributed by atoms with Crippen molar-refractivity contribution in [3.05, 3.63) is 18.1 Å². The molecular formula is C11H15N5O3. The van der Waals surface area contributed by atoms with E-state index in [2.05, 4.69) is 15.1 Å². The minimum Gasteiger partial charge on any atom is -0.480 e. The van der Waals surface area contributed by atoms with Crippen molar-refractivity contribution in [2.45, 2.75) is 6.92 Å². The molecule has 1 N–H and O–H groups in total. The number of fused-ring (bicyclic) bond motifs is 1. The molecule has 2 heterocycles. The van der Waals surface area contributed by atoms with E-state index >= 15 is 0 Å². The van der Waals surface area contributed by atoms with E-state index in [1.807, 2.05) is 6.92 Å². The SMILES string of the molecule is COCCN(CC(=O)O)c1cc(C)nc2ncnn12. The number of rotatable bonds is 6. The quantitative estimate of drug-likeness (QED) is 0.783. The summed E-state index contributed by atoms with van der Waals surface area (Å²) in [7, 11) is 1.57. The van der Waals surface area contributed by atoms with E-state index in [1.165, 1.54) is 10.8 Å². The van der Waals surface area contributed by atoms with Crippen LogP contribution in [0.1, 0.15) is 5.69 Å². The normalized spacial score (nSPS) is 10.8. The van der Waals surface area contributed by atoms with Crippen LogP contribution in [0, 0.1) is 6.92 Å². The fraction of sp³-hybridized carbons (Fsp3) is 0.455. The standard InChI is InChI=1S/C11H15N5O3/c1-8-5-9(16-11(14-8)12-7-13-16)15(3-4-19-2)6-10(17)18/h5,7H,3-4,6H2,1-2H3,(H,17,18). The van der Waals surface area contributed by atoms with Gasteiger partial charge >= 0.3 is 5.97 Å². The molecule has 2 rings (SSSR count). The van der Waals surface area contributed by atoms with Crippen LogP contribution < -0.4 is 4.90 Å². The molecule has 0 aliphatic rings. The van der Waals surface area contributed by atoms with Gasteiger partial charge in [-0.3, -0.25) is 4.79 Å². The second-order valence-electron chi connectivity index (χ2n) is 4.04. The first-order valence-corrected chi connectivity index (χ1v) is 5.75. The summed E-state index contributed by atoms with van der Waals surface area (Å²) in [5.41, 5.74) is 0.753. The summed E-state index contributed by atoms with van der Waals surface area (Å²) in [6.07, 6.45) is 1.39. The maximum Gasteiger partial charge on any atom is 0.323 e. The van der Waals surface area contributed by atoms with Crippen LogP contribution in [0.15, 0.2) is 12.4 Å². The molecular weight excluding hydrogens is 250 g/mol. The lowest BCUT2D eigenvalue weighted by Gasteiger charge is -2.22. The fourth-order valence-electron chi connectivity index (χ4n) is 1.78. The highest BCUT2D eigenvalue weighted by atomic mass is 16.5. The van der Waals surface area contributed by atoms with Gasteiger partial charge in [-0.15, -0.1) is 0 Å². The smallest absolute Gasteiger partial charge is 0.323 e. The van der Waals surface area contributed by atoms with E-state index in [0.717, 1.165) is 5.69 Å². The number of hydrogen-bond acceptors (Lipinski definition) is 6. The van der Waals surface area contributed by atoms with Gasteiger partial charge in [-0.25, -0.2) is 4.98 Å². The van der Waals surface area contributed by atoms with Gasteiger partial charge in [0.05, 0.1) is 6.61 Å². The van der Waals surface area contributed by atoms with Crippen LogP contribution in [-0.4, -0.2) is 57.5 Å². The van der Waals surface area contributed by atoms with Gasteiger partial charge in [0.25, 0.3) is 5.78 Å². The average molecular weight is 265 g/mol. The molecule has 8 nitrogen and oxygen atoms in total. The Kier molecular flexibility index (Phi) is 3.91. The summed E-state index contributed by atoms with van der Waals surface area (Å²) < 4.78 is 6.52. The molecule has 0 unspecified atom stereocenters. The number of carboxylic acids is 1. The number of anilines is 1. The first kappa shape index (κ1) is 13.2. The summed E-state index contributed by atoms with van der Waals surface area (Å²) in [5.74, 6) is 0.168. The number of methoxy groups -OCH3 is 1. The zero-order valence-electron chi connectivity index (χ0n) is 10.8. The molecule has 0 aliphatic heterocycles. The van der Waals surface area contributed by atoms with Crippen molar-refractivity contribution in [3.8, 4) is 0 Å². The second-order valence-corrected chi connectivity index (χ2v) is 4.04. The molecule has 19 heavy (non-hydrogen) atoms. The summed E-state index contributed by atoms with van der Waals surface area (Å²) in [5, 5.41) is 13.1. The highest BCUT2D eigenvalue weighted by Crippen LogP contribution is 2.15. The van der Waals surface area contributed by atoms with Crippen molar-refractivity contribution in [3.63, 3.8) is 0 Å². The third-order valence-electron chi connectivity index (χ3n) is 2.58. The zero-order valence-corrected chi connectivity index (χ0v) is 10.8. The first-order chi connectivity index (χ1) is 9.11. The molecule has 0 saturated carbocycles. The van der Waals surface area contributed by atoms with E-state index in [1.54, 1.807) is 18.1 Å². The summed E-state index contributed by atoms with van der Waals surface area (Å²) >= 11 is 0. The van der Waals surface area contributed by atoms with Gasteiger partial charge in [0.2, 0.25) is 0 Å². The lowest BCUT2D eigenvalue weighted by molar-refractivity contribution is -0.135. The van der Waals surface area contributed by atoms with Gasteiger partial charge in [-0.05, 0) is 6.92 Å². The van der Waals surface area contributed by atoms with Crippen molar-refractivity contribution in [2.75, 3.05) is 31.7 Å². The van der Waals surface area contributed by atoms with Crippen molar-refractivity contribution >= 4 is 17.6 Å². The number of nitrogens with zero attached hydrogens (tertiary/aromatic N) is 5. The Balaban J connectivity index is 2.41. The van der Waals surface area contributed by atoms with Gasteiger partial charge in [-0.2, -0.15) is 14.6 Å². The van der Waals surface area contributed by atoms with Crippen LogP contribution >= 0.6 is 0 Å². The molecule has 8 heteroatoms. The summed E-state index contributed by atoms with van der Waals surface area (Å²) in [4.78, 5) is 20.9. The van der Waals surface area contributed by atoms with Crippen LogP contribution in [0.2, 0.25) is 0 Å². The predicted octanol–water partition coefficient (Wildman–Crippen LogP) is -0.0299. The lowest BCUT2D eigenvalue weighted by Crippen LogP contribution is -2.34. The van der Waals surface area contributed by atoms with Gasteiger partial charge in [0.1, 0.15) is 18.7 Å². The van der Waals surface area contributed by atoms with E-state index in [0.29, 0.717) is 24.7 Å². The predicted molar refractivity (Wildman–Crippen MR) is 67.2 cm³/mol. The number of aromatic nitrogens is 4. The van der Waals surface area contributed by atoms with Gasteiger partial charge in [-0.1, -0.05) is 0 Å². The zero-order chi connectivity index (χ0) is 13.8. The maximum atomic E-state index is 11.0. The second kappa shape index (κ2) is 5.61. The minimum absolute atomic E-state index is 0.137. The number of aliphatic carboxylic acids is 1. The van der Waals surface area contributed by atoms with Gasteiger partial charge < -0.3 is 14.7 Å². The summed E-state index contributed by atoms with van der Waals surface area (Å²) in [6.45, 7) is 2.56. The Morgan fingerprint density at radius 3 is 3.05 bits per heavy atom. The molecule has 0 atom stereocenters. The van der Waals surface area contributed by atoms with Crippen molar-refractivity contribution < 1.29 is 14.6 Å². The fourth-order valence-corrected chi connectivity index (χ4v) is 1.78. The van der Waals surface area contributed by atoms with Crippen LogP contribution in [-0.2, 0) is 9.53 Å². The molecule has 0 fully saturated rings. The van der Waals surface area contributed by atoms with E-state index < -0.39 is 5.97 Å². The topological polar surface area (TPSA) is 92.8 Å². The number of carboxylic acid groups (broad SMARTS) is 1.